The van der Waals surface area contributed by atoms with Gasteiger partial charge in [0.1, 0.15) is 5.54 Å². The number of hydrogen-bond donors (Lipinski definition) is 2. The van der Waals surface area contributed by atoms with Gasteiger partial charge >= 0.3 is 0 Å². The number of carbonyl (C=O) groups is 1. The first-order valence-corrected chi connectivity index (χ1v) is 9.62. The average molecular weight is 332 g/mol. The number of H-pyrrole nitrogens is 1. The summed E-state index contributed by atoms with van der Waals surface area (Å²) in [6.45, 7) is 8.26. The van der Waals surface area contributed by atoms with Crippen LogP contribution in [-0.2, 0) is 4.79 Å². The molecule has 0 unspecified atom stereocenters. The van der Waals surface area contributed by atoms with E-state index in [9.17, 15) is 4.79 Å². The van der Waals surface area contributed by atoms with E-state index in [0.717, 1.165) is 42.9 Å². The molecule has 24 heavy (non-hydrogen) atoms. The number of hydrogen-bond acceptors (Lipinski definition) is 3. The molecule has 1 saturated heterocycles. The number of aromatic nitrogens is 2. The molecule has 2 N–H and O–H groups in total. The lowest BCUT2D eigenvalue weighted by molar-refractivity contribution is -0.137. The summed E-state index contributed by atoms with van der Waals surface area (Å²) in [6, 6.07) is -0.000146. The maximum absolute atomic E-state index is 13.4. The Morgan fingerprint density at radius 3 is 2.33 bits per heavy atom. The average Bonchev–Trinajstić information content (AvgIpc) is 2.95. The van der Waals surface area contributed by atoms with Crippen LogP contribution >= 0.6 is 0 Å². The molecule has 5 heteroatoms. The van der Waals surface area contributed by atoms with Gasteiger partial charge in [0.15, 0.2) is 0 Å². The third-order valence-electron chi connectivity index (χ3n) is 6.03. The predicted octanol–water partition coefficient (Wildman–Crippen LogP) is 3.39. The number of likely N-dealkylation sites (tertiary alicyclic amines) is 1. The molecule has 5 nitrogen and oxygen atoms in total. The second-order valence-corrected chi connectivity index (χ2v) is 7.68. The van der Waals surface area contributed by atoms with E-state index in [1.165, 1.54) is 38.5 Å². The van der Waals surface area contributed by atoms with E-state index in [2.05, 4.69) is 27.3 Å². The van der Waals surface area contributed by atoms with Crippen LogP contribution in [0.2, 0.25) is 0 Å². The van der Waals surface area contributed by atoms with E-state index in [-0.39, 0.29) is 17.5 Å². The Balaban J connectivity index is 1.78. The molecule has 2 heterocycles. The molecule has 1 aromatic heterocycles. The molecule has 1 aromatic rings. The standard InChI is InChI=1S/C19H32N4O/c1-14(17-15(2)21-22-16(17)3)20-18(24)19(10-6-4-7-11-19)23-12-8-5-9-13-23/h14H,4-13H2,1-3H3,(H,20,24)(H,21,22)/t14-/m0/s1. The van der Waals surface area contributed by atoms with E-state index in [0.29, 0.717) is 0 Å². The molecule has 1 aliphatic carbocycles. The van der Waals surface area contributed by atoms with Crippen LogP contribution in [0.25, 0.3) is 0 Å². The van der Waals surface area contributed by atoms with Crippen LogP contribution in [-0.4, -0.2) is 39.6 Å². The minimum atomic E-state index is -0.279. The third kappa shape index (κ3) is 3.23. The zero-order valence-electron chi connectivity index (χ0n) is 15.5. The van der Waals surface area contributed by atoms with E-state index in [1.807, 2.05) is 13.8 Å². The molecule has 2 fully saturated rings. The molecule has 3 rings (SSSR count). The first-order valence-electron chi connectivity index (χ1n) is 9.62. The number of amides is 1. The van der Waals surface area contributed by atoms with Crippen molar-refractivity contribution in [3.8, 4) is 0 Å². The van der Waals surface area contributed by atoms with Crippen molar-refractivity contribution in [2.75, 3.05) is 13.1 Å². The van der Waals surface area contributed by atoms with Crippen LogP contribution in [0.4, 0.5) is 0 Å². The number of nitrogens with zero attached hydrogens (tertiary/aromatic N) is 2. The first-order chi connectivity index (χ1) is 11.5. The highest BCUT2D eigenvalue weighted by atomic mass is 16.2. The van der Waals surface area contributed by atoms with Crippen LogP contribution in [0.5, 0.6) is 0 Å². The fourth-order valence-corrected chi connectivity index (χ4v) is 4.75. The molecular formula is C19H32N4O. The van der Waals surface area contributed by atoms with Crippen molar-refractivity contribution in [1.82, 2.24) is 20.4 Å². The third-order valence-corrected chi connectivity index (χ3v) is 6.03. The van der Waals surface area contributed by atoms with Gasteiger partial charge < -0.3 is 5.32 Å². The minimum absolute atomic E-state index is 0.000146. The molecule has 0 bridgehead atoms. The lowest BCUT2D eigenvalue weighted by Crippen LogP contribution is -2.61. The lowest BCUT2D eigenvalue weighted by atomic mass is 9.78. The highest BCUT2D eigenvalue weighted by molar-refractivity contribution is 5.87. The SMILES string of the molecule is Cc1n[nH]c(C)c1[C@H](C)NC(=O)C1(N2CCCCC2)CCCCC1. The highest BCUT2D eigenvalue weighted by Crippen LogP contribution is 2.36. The summed E-state index contributed by atoms with van der Waals surface area (Å²) < 4.78 is 0. The van der Waals surface area contributed by atoms with E-state index >= 15 is 0 Å². The van der Waals surface area contributed by atoms with Crippen molar-refractivity contribution < 1.29 is 4.79 Å². The predicted molar refractivity (Wildman–Crippen MR) is 95.9 cm³/mol. The molecule has 2 aliphatic rings. The number of carbonyl (C=O) groups excluding carboxylic acids is 1. The molecule has 0 aromatic carbocycles. The second-order valence-electron chi connectivity index (χ2n) is 7.68. The molecule has 134 valence electrons. The molecule has 1 saturated carbocycles. The summed E-state index contributed by atoms with van der Waals surface area (Å²) in [5.41, 5.74) is 2.89. The van der Waals surface area contributed by atoms with Crippen molar-refractivity contribution >= 4 is 5.91 Å². The molecular weight excluding hydrogens is 300 g/mol. The van der Waals surface area contributed by atoms with Crippen LogP contribution in [0.3, 0.4) is 0 Å². The Labute approximate surface area is 145 Å². The molecule has 0 spiro atoms. The van der Waals surface area contributed by atoms with Gasteiger partial charge in [0.05, 0.1) is 11.7 Å². The summed E-state index contributed by atoms with van der Waals surface area (Å²) in [6.07, 6.45) is 9.37. The van der Waals surface area contributed by atoms with Crippen LogP contribution in [0, 0.1) is 13.8 Å². The fraction of sp³-hybridized carbons (Fsp3) is 0.789. The number of piperidine rings is 1. The number of nitrogens with one attached hydrogen (secondary N) is 2. The zero-order valence-corrected chi connectivity index (χ0v) is 15.5. The molecule has 1 amide bonds. The highest BCUT2D eigenvalue weighted by Gasteiger charge is 2.45. The maximum atomic E-state index is 13.4. The van der Waals surface area contributed by atoms with Gasteiger partial charge in [-0.2, -0.15) is 5.10 Å². The Hall–Kier alpha value is -1.36. The zero-order chi connectivity index (χ0) is 17.2. The maximum Gasteiger partial charge on any atom is 0.241 e. The van der Waals surface area contributed by atoms with Gasteiger partial charge in [-0.3, -0.25) is 14.8 Å². The molecule has 1 atom stereocenters. The molecule has 1 aliphatic heterocycles. The van der Waals surface area contributed by atoms with Gasteiger partial charge in [0.25, 0.3) is 0 Å². The van der Waals surface area contributed by atoms with Crippen molar-refractivity contribution in [3.05, 3.63) is 17.0 Å². The van der Waals surface area contributed by atoms with Crippen LogP contribution < -0.4 is 5.32 Å². The van der Waals surface area contributed by atoms with Crippen molar-refractivity contribution in [3.63, 3.8) is 0 Å². The van der Waals surface area contributed by atoms with E-state index in [1.54, 1.807) is 0 Å². The van der Waals surface area contributed by atoms with Gasteiger partial charge in [0, 0.05) is 11.3 Å². The van der Waals surface area contributed by atoms with E-state index < -0.39 is 0 Å². The number of aryl methyl sites for hydroxylation is 2. The second kappa shape index (κ2) is 7.26. The van der Waals surface area contributed by atoms with Gasteiger partial charge in [-0.15, -0.1) is 0 Å². The summed E-state index contributed by atoms with van der Waals surface area (Å²) >= 11 is 0. The topological polar surface area (TPSA) is 61.0 Å². The van der Waals surface area contributed by atoms with Crippen molar-refractivity contribution in [2.24, 2.45) is 0 Å². The van der Waals surface area contributed by atoms with Crippen LogP contribution in [0.1, 0.15) is 81.3 Å². The summed E-state index contributed by atoms with van der Waals surface area (Å²) in [5, 5.41) is 10.6. The lowest BCUT2D eigenvalue weighted by Gasteiger charge is -2.47. The van der Waals surface area contributed by atoms with Crippen LogP contribution in [0.15, 0.2) is 0 Å². The largest absolute Gasteiger partial charge is 0.348 e. The molecule has 0 radical (unpaired) electrons. The van der Waals surface area contributed by atoms with Gasteiger partial charge in [0.2, 0.25) is 5.91 Å². The number of rotatable bonds is 4. The Morgan fingerprint density at radius 1 is 1.12 bits per heavy atom. The summed E-state index contributed by atoms with van der Waals surface area (Å²) in [4.78, 5) is 15.9. The minimum Gasteiger partial charge on any atom is -0.348 e. The summed E-state index contributed by atoms with van der Waals surface area (Å²) in [5.74, 6) is 0.233. The van der Waals surface area contributed by atoms with Gasteiger partial charge in [-0.25, -0.2) is 0 Å². The van der Waals surface area contributed by atoms with Gasteiger partial charge in [-0.05, 0) is 59.5 Å². The Morgan fingerprint density at radius 2 is 1.75 bits per heavy atom. The monoisotopic (exact) mass is 332 g/mol. The first kappa shape index (κ1) is 17.5. The van der Waals surface area contributed by atoms with E-state index in [4.69, 9.17) is 0 Å². The van der Waals surface area contributed by atoms with Crippen molar-refractivity contribution in [2.45, 2.75) is 83.7 Å². The fourth-order valence-electron chi connectivity index (χ4n) is 4.75. The Kier molecular flexibility index (Phi) is 5.28. The van der Waals surface area contributed by atoms with Crippen molar-refractivity contribution in [1.29, 1.82) is 0 Å². The normalized spacial score (nSPS) is 23.0. The smallest absolute Gasteiger partial charge is 0.241 e. The Bertz CT molecular complexity index is 548. The summed E-state index contributed by atoms with van der Waals surface area (Å²) in [7, 11) is 0. The number of aromatic amines is 1. The van der Waals surface area contributed by atoms with Gasteiger partial charge in [-0.1, -0.05) is 25.7 Å². The quantitative estimate of drug-likeness (QED) is 0.888.